The van der Waals surface area contributed by atoms with Gasteiger partial charge >= 0.3 is 0 Å². The van der Waals surface area contributed by atoms with E-state index in [2.05, 4.69) is 36.8 Å². The Bertz CT molecular complexity index is 1280. The Morgan fingerprint density at radius 3 is 2.73 bits per heavy atom. The molecule has 0 aliphatic rings. The number of H-pyrrole nitrogens is 1. The van der Waals surface area contributed by atoms with E-state index in [1.807, 2.05) is 19.4 Å². The van der Waals surface area contributed by atoms with Crippen LogP contribution in [-0.4, -0.2) is 33.5 Å². The molecular formula is C24H24F2N6S. The average Bonchev–Trinajstić information content (AvgIpc) is 3.38. The van der Waals surface area contributed by atoms with Crippen LogP contribution in [0.5, 0.6) is 0 Å². The molecule has 0 aliphatic heterocycles. The Labute approximate surface area is 194 Å². The number of nitrogens with zero attached hydrogens (tertiary/aromatic N) is 4. The number of allylic oxidation sites excluding steroid dienone is 1. The number of aromatic amines is 1. The van der Waals surface area contributed by atoms with Crippen LogP contribution in [-0.2, 0) is 13.0 Å². The maximum Gasteiger partial charge on any atom is 0.196 e. The molecule has 0 atom stereocenters. The van der Waals surface area contributed by atoms with Gasteiger partial charge in [0.1, 0.15) is 17.5 Å². The Morgan fingerprint density at radius 1 is 1.18 bits per heavy atom. The van der Waals surface area contributed by atoms with Crippen molar-refractivity contribution in [2.24, 2.45) is 4.99 Å². The molecular weight excluding hydrogens is 442 g/mol. The maximum absolute atomic E-state index is 13.6. The van der Waals surface area contributed by atoms with Crippen LogP contribution in [0.25, 0.3) is 10.9 Å². The Hall–Kier alpha value is -3.46. The molecule has 0 saturated carbocycles. The zero-order valence-corrected chi connectivity index (χ0v) is 19.0. The number of fused-ring (bicyclic) bond motifs is 1. The van der Waals surface area contributed by atoms with Crippen molar-refractivity contribution < 1.29 is 8.78 Å². The highest BCUT2D eigenvalue weighted by Gasteiger charge is 2.16. The lowest BCUT2D eigenvalue weighted by Gasteiger charge is -2.10. The van der Waals surface area contributed by atoms with Crippen molar-refractivity contribution in [2.45, 2.75) is 35.9 Å². The fourth-order valence-corrected chi connectivity index (χ4v) is 4.49. The first-order valence-electron chi connectivity index (χ1n) is 10.5. The van der Waals surface area contributed by atoms with Crippen LogP contribution in [0.2, 0.25) is 0 Å². The smallest absolute Gasteiger partial charge is 0.196 e. The fourth-order valence-electron chi connectivity index (χ4n) is 3.61. The molecule has 0 bridgehead atoms. The molecule has 0 amide bonds. The highest BCUT2D eigenvalue weighted by atomic mass is 32.2. The van der Waals surface area contributed by atoms with Crippen LogP contribution in [0.1, 0.15) is 24.2 Å². The fraction of sp³-hybridized carbons (Fsp3) is 0.208. The van der Waals surface area contributed by atoms with E-state index in [9.17, 15) is 8.78 Å². The molecule has 2 heterocycles. The molecule has 2 N–H and O–H groups in total. The van der Waals surface area contributed by atoms with Crippen molar-refractivity contribution in [1.82, 2.24) is 25.1 Å². The lowest BCUT2D eigenvalue weighted by molar-refractivity contribution is 0.572. The van der Waals surface area contributed by atoms with Crippen LogP contribution in [0.15, 0.2) is 75.6 Å². The van der Waals surface area contributed by atoms with Gasteiger partial charge in [-0.1, -0.05) is 0 Å². The summed E-state index contributed by atoms with van der Waals surface area (Å²) in [5.41, 5.74) is 2.63. The second-order valence-corrected chi connectivity index (χ2v) is 8.51. The third kappa shape index (κ3) is 5.48. The summed E-state index contributed by atoms with van der Waals surface area (Å²) in [7, 11) is 1.83. The summed E-state index contributed by atoms with van der Waals surface area (Å²) in [6.07, 6.45) is 5.81. The highest BCUT2D eigenvalue weighted by Crippen LogP contribution is 2.29. The van der Waals surface area contributed by atoms with Crippen LogP contribution >= 0.6 is 11.8 Å². The first kappa shape index (κ1) is 22.7. The lowest BCUT2D eigenvalue weighted by atomic mass is 10.1. The second kappa shape index (κ2) is 10.4. The highest BCUT2D eigenvalue weighted by molar-refractivity contribution is 7.99. The van der Waals surface area contributed by atoms with Gasteiger partial charge in [0.15, 0.2) is 5.16 Å². The minimum atomic E-state index is -0.280. The molecule has 4 aromatic rings. The topological polar surface area (TPSA) is 70.9 Å². The number of halogens is 2. The van der Waals surface area contributed by atoms with E-state index in [1.165, 1.54) is 36.0 Å². The van der Waals surface area contributed by atoms with E-state index >= 15 is 0 Å². The van der Waals surface area contributed by atoms with E-state index in [-0.39, 0.29) is 11.6 Å². The largest absolute Gasteiger partial charge is 0.393 e. The van der Waals surface area contributed by atoms with Gasteiger partial charge in [0.2, 0.25) is 0 Å². The number of aliphatic imine (C=N–C) groups is 1. The Morgan fingerprint density at radius 2 is 1.97 bits per heavy atom. The Balaban J connectivity index is 1.60. The molecule has 0 aliphatic carbocycles. The molecule has 170 valence electrons. The van der Waals surface area contributed by atoms with Gasteiger partial charge < -0.3 is 14.9 Å². The van der Waals surface area contributed by atoms with Gasteiger partial charge in [0.25, 0.3) is 0 Å². The summed E-state index contributed by atoms with van der Waals surface area (Å²) in [5, 5.41) is 13.5. The summed E-state index contributed by atoms with van der Waals surface area (Å²) < 4.78 is 29.0. The van der Waals surface area contributed by atoms with Crippen LogP contribution in [0.3, 0.4) is 0 Å². The van der Waals surface area contributed by atoms with Crippen LogP contribution in [0, 0.1) is 11.6 Å². The molecule has 0 radical (unpaired) electrons. The third-order valence-corrected chi connectivity index (χ3v) is 6.22. The molecule has 2 aromatic heterocycles. The van der Waals surface area contributed by atoms with E-state index in [0.29, 0.717) is 13.0 Å². The molecule has 0 saturated heterocycles. The number of benzene rings is 2. The van der Waals surface area contributed by atoms with Crippen molar-refractivity contribution in [1.29, 1.82) is 0 Å². The van der Waals surface area contributed by atoms with E-state index in [4.69, 9.17) is 0 Å². The second-order valence-electron chi connectivity index (χ2n) is 7.47. The molecule has 6 nitrogen and oxygen atoms in total. The van der Waals surface area contributed by atoms with Crippen LogP contribution < -0.4 is 5.32 Å². The summed E-state index contributed by atoms with van der Waals surface area (Å²) >= 11 is 1.44. The summed E-state index contributed by atoms with van der Waals surface area (Å²) in [4.78, 5) is 8.06. The molecule has 0 spiro atoms. The number of aromatic nitrogens is 4. The van der Waals surface area contributed by atoms with Crippen molar-refractivity contribution in [3.05, 3.63) is 83.6 Å². The normalized spacial score (nSPS) is 11.8. The molecule has 0 fully saturated rings. The zero-order chi connectivity index (χ0) is 23.2. The van der Waals surface area contributed by atoms with E-state index in [0.717, 1.165) is 50.9 Å². The summed E-state index contributed by atoms with van der Waals surface area (Å²) in [6, 6.07) is 11.0. The maximum atomic E-state index is 13.6. The predicted octanol–water partition coefficient (Wildman–Crippen LogP) is 5.32. The van der Waals surface area contributed by atoms with E-state index in [1.54, 1.807) is 18.2 Å². The predicted molar refractivity (Wildman–Crippen MR) is 128 cm³/mol. The van der Waals surface area contributed by atoms with Crippen molar-refractivity contribution in [3.63, 3.8) is 0 Å². The van der Waals surface area contributed by atoms with E-state index < -0.39 is 0 Å². The third-order valence-electron chi connectivity index (χ3n) is 5.22. The van der Waals surface area contributed by atoms with Crippen molar-refractivity contribution in [2.75, 3.05) is 7.05 Å². The minimum absolute atomic E-state index is 0.279. The zero-order valence-electron chi connectivity index (χ0n) is 18.2. The molecule has 9 heteroatoms. The van der Waals surface area contributed by atoms with Gasteiger partial charge in [0, 0.05) is 48.2 Å². The number of nitrogens with one attached hydrogen (secondary N) is 2. The number of hydrogen-bond donors (Lipinski definition) is 2. The molecule has 33 heavy (non-hydrogen) atoms. The van der Waals surface area contributed by atoms with Gasteiger partial charge in [-0.25, -0.2) is 8.78 Å². The van der Waals surface area contributed by atoms with Crippen molar-refractivity contribution in [3.8, 4) is 0 Å². The summed E-state index contributed by atoms with van der Waals surface area (Å²) in [5.74, 6) is 0.243. The first-order chi connectivity index (χ1) is 16.1. The first-order valence-corrected chi connectivity index (χ1v) is 11.3. The van der Waals surface area contributed by atoms with Gasteiger partial charge in [-0.3, -0.25) is 4.99 Å². The number of hydrogen-bond acceptors (Lipinski definition) is 5. The Kier molecular flexibility index (Phi) is 7.19. The molecule has 4 rings (SSSR count). The van der Waals surface area contributed by atoms with Gasteiger partial charge in [-0.15, -0.1) is 10.2 Å². The molecule has 0 unspecified atom stereocenters. The van der Waals surface area contributed by atoms with Gasteiger partial charge in [-0.2, -0.15) is 0 Å². The van der Waals surface area contributed by atoms with Crippen LogP contribution in [0.4, 0.5) is 8.78 Å². The van der Waals surface area contributed by atoms with Crippen molar-refractivity contribution >= 4 is 29.4 Å². The quantitative estimate of drug-likeness (QED) is 0.310. The summed E-state index contributed by atoms with van der Waals surface area (Å²) in [6.45, 7) is 4.30. The van der Waals surface area contributed by atoms with Gasteiger partial charge in [-0.05, 0) is 79.3 Å². The number of rotatable bonds is 10. The minimum Gasteiger partial charge on any atom is -0.393 e. The molecule has 2 aromatic carbocycles. The monoisotopic (exact) mass is 466 g/mol. The standard InChI is InChI=1S/C24H24F2N6S/c1-27-15-19(28-2)4-3-11-32-23(12-16-14-29-22-13-18(26)7-10-21(16)22)30-31-24(32)33-20-8-5-17(25)6-9-20/h5-10,13-15,27,29H,2-4,11-12H2,1H3/b19-15-. The van der Waals surface area contributed by atoms with Gasteiger partial charge in [0.05, 0.1) is 5.70 Å². The average molecular weight is 467 g/mol. The SMILES string of the molecule is C=N/C(=C\NC)CCCn1c(Cc2c[nH]c3cc(F)ccc23)nnc1Sc1ccc(F)cc1. The lowest BCUT2D eigenvalue weighted by Crippen LogP contribution is -2.07.